The molecular formula is C23H27ClN2O4. The highest BCUT2D eigenvalue weighted by Crippen LogP contribution is 2.35. The van der Waals surface area contributed by atoms with E-state index in [1.807, 2.05) is 13.0 Å². The van der Waals surface area contributed by atoms with Gasteiger partial charge in [-0.25, -0.2) is 0 Å². The lowest BCUT2D eigenvalue weighted by molar-refractivity contribution is -0.136. The molecule has 1 aliphatic carbocycles. The number of amides is 2. The van der Waals surface area contributed by atoms with E-state index in [4.69, 9.17) is 21.1 Å². The number of rotatable bonds is 6. The van der Waals surface area contributed by atoms with Gasteiger partial charge in [-0.15, -0.1) is 0 Å². The first-order chi connectivity index (χ1) is 14.5. The number of hydrogen-bond donors (Lipinski definition) is 2. The molecule has 0 fully saturated rings. The van der Waals surface area contributed by atoms with E-state index >= 15 is 0 Å². The molecule has 0 bridgehead atoms. The van der Waals surface area contributed by atoms with Gasteiger partial charge in [-0.2, -0.15) is 0 Å². The first kappa shape index (κ1) is 22.0. The van der Waals surface area contributed by atoms with E-state index in [0.717, 1.165) is 18.4 Å². The van der Waals surface area contributed by atoms with Gasteiger partial charge in [0.1, 0.15) is 11.5 Å². The molecule has 1 unspecified atom stereocenters. The minimum absolute atomic E-state index is 0.239. The fraction of sp³-hybridized carbons (Fsp3) is 0.391. The molecule has 0 heterocycles. The van der Waals surface area contributed by atoms with Crippen molar-refractivity contribution in [1.82, 2.24) is 5.32 Å². The van der Waals surface area contributed by atoms with Crippen molar-refractivity contribution < 1.29 is 19.1 Å². The number of aryl methyl sites for hydroxylation is 2. The van der Waals surface area contributed by atoms with Gasteiger partial charge in [0.2, 0.25) is 0 Å². The zero-order valence-corrected chi connectivity index (χ0v) is 18.3. The van der Waals surface area contributed by atoms with Crippen LogP contribution in [0.1, 0.15) is 48.9 Å². The van der Waals surface area contributed by atoms with Crippen LogP contribution in [-0.2, 0) is 22.4 Å². The topological polar surface area (TPSA) is 76.7 Å². The van der Waals surface area contributed by atoms with Gasteiger partial charge >= 0.3 is 11.8 Å². The van der Waals surface area contributed by atoms with E-state index in [9.17, 15) is 9.59 Å². The van der Waals surface area contributed by atoms with Crippen LogP contribution in [0, 0.1) is 0 Å². The lowest BCUT2D eigenvalue weighted by Crippen LogP contribution is -2.37. The molecule has 0 saturated heterocycles. The number of hydrogen-bond acceptors (Lipinski definition) is 4. The maximum atomic E-state index is 12.6. The molecular weight excluding hydrogens is 404 g/mol. The number of anilines is 1. The number of methoxy groups -OCH3 is 2. The van der Waals surface area contributed by atoms with Crippen molar-refractivity contribution in [3.8, 4) is 11.5 Å². The zero-order chi connectivity index (χ0) is 21.7. The van der Waals surface area contributed by atoms with Gasteiger partial charge in [-0.05, 0) is 48.8 Å². The van der Waals surface area contributed by atoms with Crippen LogP contribution in [0.15, 0.2) is 30.3 Å². The average molecular weight is 431 g/mol. The molecule has 0 saturated carbocycles. The van der Waals surface area contributed by atoms with Crippen LogP contribution in [-0.4, -0.2) is 26.0 Å². The number of carbonyl (C=O) groups excluding carboxylic acids is 2. The van der Waals surface area contributed by atoms with Gasteiger partial charge in [0, 0.05) is 12.1 Å². The van der Waals surface area contributed by atoms with E-state index in [1.165, 1.54) is 50.3 Å². The standard InChI is InChI=1S/C23H27ClN2O4/c1-4-18(16-10-9-14-7-5-6-8-15(14)11-16)25-22(27)23(28)26-19-13-20(29-2)17(24)12-21(19)30-3/h9-13,18H,4-8H2,1-3H3,(H,25,27)(H,26,28). The number of benzene rings is 2. The van der Waals surface area contributed by atoms with Crippen molar-refractivity contribution in [1.29, 1.82) is 0 Å². The molecule has 160 valence electrons. The molecule has 0 spiro atoms. The molecule has 30 heavy (non-hydrogen) atoms. The molecule has 0 radical (unpaired) electrons. The van der Waals surface area contributed by atoms with Gasteiger partial charge in [0.05, 0.1) is 31.0 Å². The van der Waals surface area contributed by atoms with Crippen LogP contribution in [0.3, 0.4) is 0 Å². The van der Waals surface area contributed by atoms with Crippen LogP contribution in [0.25, 0.3) is 0 Å². The highest BCUT2D eigenvalue weighted by atomic mass is 35.5. The Morgan fingerprint density at radius 3 is 2.37 bits per heavy atom. The van der Waals surface area contributed by atoms with Gasteiger partial charge < -0.3 is 20.1 Å². The van der Waals surface area contributed by atoms with Gasteiger partial charge in [0.25, 0.3) is 0 Å². The van der Waals surface area contributed by atoms with Crippen LogP contribution in [0.4, 0.5) is 5.69 Å². The molecule has 2 amide bonds. The summed E-state index contributed by atoms with van der Waals surface area (Å²) in [7, 11) is 2.92. The maximum absolute atomic E-state index is 12.6. The summed E-state index contributed by atoms with van der Waals surface area (Å²) < 4.78 is 10.4. The predicted molar refractivity (Wildman–Crippen MR) is 117 cm³/mol. The van der Waals surface area contributed by atoms with Crippen molar-refractivity contribution in [2.45, 2.75) is 45.1 Å². The minimum atomic E-state index is -0.783. The summed E-state index contributed by atoms with van der Waals surface area (Å²) in [6.45, 7) is 1.98. The van der Waals surface area contributed by atoms with Crippen LogP contribution in [0.5, 0.6) is 11.5 Å². The second-order valence-corrected chi connectivity index (χ2v) is 7.72. The second-order valence-electron chi connectivity index (χ2n) is 7.31. The Balaban J connectivity index is 1.72. The summed E-state index contributed by atoms with van der Waals surface area (Å²) >= 11 is 6.09. The Kier molecular flexibility index (Phi) is 7.21. The van der Waals surface area contributed by atoms with E-state index in [-0.39, 0.29) is 6.04 Å². The Morgan fingerprint density at radius 2 is 1.70 bits per heavy atom. The number of fused-ring (bicyclic) bond motifs is 1. The van der Waals surface area contributed by atoms with E-state index in [0.29, 0.717) is 28.6 Å². The average Bonchev–Trinajstić information content (AvgIpc) is 2.77. The van der Waals surface area contributed by atoms with Crippen molar-refractivity contribution in [3.63, 3.8) is 0 Å². The van der Waals surface area contributed by atoms with Crippen molar-refractivity contribution in [3.05, 3.63) is 52.0 Å². The predicted octanol–water partition coefficient (Wildman–Crippen LogP) is 4.44. The third-order valence-corrected chi connectivity index (χ3v) is 5.71. The quantitative estimate of drug-likeness (QED) is 0.664. The highest BCUT2D eigenvalue weighted by molar-refractivity contribution is 6.40. The minimum Gasteiger partial charge on any atom is -0.495 e. The number of halogens is 1. The molecule has 2 aromatic rings. The Bertz CT molecular complexity index is 945. The molecule has 0 aliphatic heterocycles. The summed E-state index contributed by atoms with van der Waals surface area (Å²) in [4.78, 5) is 25.1. The molecule has 2 N–H and O–H groups in total. The SMILES string of the molecule is CCC(NC(=O)C(=O)Nc1cc(OC)c(Cl)cc1OC)c1ccc2c(c1)CCCC2. The van der Waals surface area contributed by atoms with Crippen LogP contribution in [0.2, 0.25) is 5.02 Å². The first-order valence-electron chi connectivity index (χ1n) is 10.1. The Morgan fingerprint density at radius 1 is 1.00 bits per heavy atom. The number of ether oxygens (including phenoxy) is 2. The molecule has 0 aromatic heterocycles. The van der Waals surface area contributed by atoms with Crippen molar-refractivity contribution >= 4 is 29.1 Å². The fourth-order valence-electron chi connectivity index (χ4n) is 3.75. The summed E-state index contributed by atoms with van der Waals surface area (Å²) in [5.74, 6) is -0.790. The van der Waals surface area contributed by atoms with E-state index < -0.39 is 11.8 Å². The lowest BCUT2D eigenvalue weighted by Gasteiger charge is -2.21. The fourth-order valence-corrected chi connectivity index (χ4v) is 3.98. The summed E-state index contributed by atoms with van der Waals surface area (Å²) in [6.07, 6.45) is 5.25. The third kappa shape index (κ3) is 4.87. The Labute approximate surface area is 181 Å². The van der Waals surface area contributed by atoms with Crippen LogP contribution >= 0.6 is 11.6 Å². The molecule has 1 aliphatic rings. The lowest BCUT2D eigenvalue weighted by atomic mass is 9.89. The number of carbonyl (C=O) groups is 2. The van der Waals surface area contributed by atoms with E-state index in [1.54, 1.807) is 0 Å². The maximum Gasteiger partial charge on any atom is 0.313 e. The first-order valence-corrected chi connectivity index (χ1v) is 10.5. The second kappa shape index (κ2) is 9.85. The van der Waals surface area contributed by atoms with Crippen molar-refractivity contribution in [2.75, 3.05) is 19.5 Å². The van der Waals surface area contributed by atoms with Crippen LogP contribution < -0.4 is 20.1 Å². The molecule has 2 aromatic carbocycles. The van der Waals surface area contributed by atoms with Gasteiger partial charge in [-0.1, -0.05) is 36.7 Å². The molecule has 3 rings (SSSR count). The monoisotopic (exact) mass is 430 g/mol. The van der Waals surface area contributed by atoms with Gasteiger partial charge in [-0.3, -0.25) is 9.59 Å². The Hall–Kier alpha value is -2.73. The normalized spacial score (nSPS) is 13.7. The molecule has 7 heteroatoms. The summed E-state index contributed by atoms with van der Waals surface area (Å²) in [5.41, 5.74) is 4.05. The summed E-state index contributed by atoms with van der Waals surface area (Å²) in [5, 5.41) is 5.76. The zero-order valence-electron chi connectivity index (χ0n) is 17.5. The third-order valence-electron chi connectivity index (χ3n) is 5.42. The number of nitrogens with one attached hydrogen (secondary N) is 2. The smallest absolute Gasteiger partial charge is 0.313 e. The largest absolute Gasteiger partial charge is 0.495 e. The summed E-state index contributed by atoms with van der Waals surface area (Å²) in [6, 6.07) is 9.15. The molecule has 1 atom stereocenters. The van der Waals surface area contributed by atoms with Crippen molar-refractivity contribution in [2.24, 2.45) is 0 Å². The highest BCUT2D eigenvalue weighted by Gasteiger charge is 2.22. The molecule has 6 nitrogen and oxygen atoms in total. The van der Waals surface area contributed by atoms with E-state index in [2.05, 4.69) is 22.8 Å². The van der Waals surface area contributed by atoms with Gasteiger partial charge in [0.15, 0.2) is 0 Å².